The molecule has 1 N–H and O–H groups in total. The summed E-state index contributed by atoms with van der Waals surface area (Å²) in [5.41, 5.74) is 1.12. The maximum atomic E-state index is 11.9. The number of unbranched alkanes of at least 4 members (excludes halogenated alkanes) is 6. The molecule has 0 atom stereocenters. The Labute approximate surface area is 124 Å². The summed E-state index contributed by atoms with van der Waals surface area (Å²) < 4.78 is 23.8. The fourth-order valence-electron chi connectivity index (χ4n) is 2.21. The van der Waals surface area contributed by atoms with Gasteiger partial charge >= 0.3 is 5.97 Å². The molecule has 1 heterocycles. The fraction of sp³-hybridized carbons (Fsp3) is 0.625. The summed E-state index contributed by atoms with van der Waals surface area (Å²) in [6.45, 7) is 0. The van der Waals surface area contributed by atoms with Crippen LogP contribution in [0.4, 0.5) is 8.78 Å². The minimum atomic E-state index is -2.16. The molecule has 1 aromatic heterocycles. The summed E-state index contributed by atoms with van der Waals surface area (Å²) in [5, 5.41) is 8.74. The smallest absolute Gasteiger partial charge is 0.354 e. The second-order valence-corrected chi connectivity index (χ2v) is 5.26. The first-order valence-electron chi connectivity index (χ1n) is 7.56. The molecule has 0 amide bonds. The number of hydrogen-bond acceptors (Lipinski definition) is 2. The van der Waals surface area contributed by atoms with Crippen molar-refractivity contribution in [2.45, 2.75) is 64.2 Å². The number of hydrogen-bond donors (Lipinski definition) is 1. The van der Waals surface area contributed by atoms with Crippen LogP contribution in [0.3, 0.4) is 0 Å². The summed E-state index contributed by atoms with van der Waals surface area (Å²) in [6.07, 6.45) is 7.30. The number of alkyl halides is 2. The van der Waals surface area contributed by atoms with Crippen molar-refractivity contribution in [3.8, 4) is 0 Å². The highest BCUT2D eigenvalue weighted by atomic mass is 19.3. The molecule has 3 nitrogen and oxygen atoms in total. The van der Waals surface area contributed by atoms with Gasteiger partial charge in [-0.3, -0.25) is 0 Å². The molecular formula is C16H23F2NO2. The van der Waals surface area contributed by atoms with Crippen LogP contribution in [0.15, 0.2) is 18.3 Å². The average molecular weight is 299 g/mol. The van der Waals surface area contributed by atoms with E-state index in [4.69, 9.17) is 5.11 Å². The number of halogens is 2. The molecule has 0 radical (unpaired) electrons. The number of rotatable bonds is 11. The predicted molar refractivity (Wildman–Crippen MR) is 77.8 cm³/mol. The van der Waals surface area contributed by atoms with E-state index >= 15 is 0 Å². The SMILES string of the molecule is O=C(O)c1ccc(CCCCCCCCCC(F)F)cn1. The molecule has 0 aliphatic rings. The van der Waals surface area contributed by atoms with E-state index in [0.717, 1.165) is 50.5 Å². The summed E-state index contributed by atoms with van der Waals surface area (Å²) >= 11 is 0. The molecular weight excluding hydrogens is 276 g/mol. The van der Waals surface area contributed by atoms with Crippen LogP contribution in [-0.4, -0.2) is 22.5 Å². The number of aromatic nitrogens is 1. The molecule has 0 fully saturated rings. The molecule has 0 aliphatic carbocycles. The summed E-state index contributed by atoms with van der Waals surface area (Å²) in [7, 11) is 0. The first-order chi connectivity index (χ1) is 10.1. The molecule has 0 saturated heterocycles. The van der Waals surface area contributed by atoms with Crippen LogP contribution in [0, 0.1) is 0 Å². The first-order valence-corrected chi connectivity index (χ1v) is 7.56. The largest absolute Gasteiger partial charge is 0.477 e. The molecule has 5 heteroatoms. The van der Waals surface area contributed by atoms with E-state index in [0.29, 0.717) is 6.42 Å². The zero-order chi connectivity index (χ0) is 15.5. The maximum Gasteiger partial charge on any atom is 0.354 e. The van der Waals surface area contributed by atoms with Crippen LogP contribution in [0.2, 0.25) is 0 Å². The third-order valence-electron chi connectivity index (χ3n) is 3.43. The van der Waals surface area contributed by atoms with Gasteiger partial charge in [0, 0.05) is 12.6 Å². The van der Waals surface area contributed by atoms with Gasteiger partial charge in [-0.1, -0.05) is 38.2 Å². The number of pyridine rings is 1. The number of aromatic carboxylic acids is 1. The first kappa shape index (κ1) is 17.5. The van der Waals surface area contributed by atoms with Gasteiger partial charge in [-0.25, -0.2) is 18.6 Å². The van der Waals surface area contributed by atoms with Gasteiger partial charge in [0.2, 0.25) is 6.43 Å². The monoisotopic (exact) mass is 299 g/mol. The van der Waals surface area contributed by atoms with E-state index in [9.17, 15) is 13.6 Å². The van der Waals surface area contributed by atoms with Crippen LogP contribution >= 0.6 is 0 Å². The molecule has 0 bridgehead atoms. The van der Waals surface area contributed by atoms with Crippen molar-refractivity contribution in [2.24, 2.45) is 0 Å². The lowest BCUT2D eigenvalue weighted by atomic mass is 10.0. The van der Waals surface area contributed by atoms with E-state index in [1.807, 2.05) is 0 Å². The standard InChI is InChI=1S/C16H23F2NO2/c17-15(18)9-7-5-3-1-2-4-6-8-13-10-11-14(16(20)21)19-12-13/h10-12,15H,1-9H2,(H,20,21). The molecule has 21 heavy (non-hydrogen) atoms. The van der Waals surface area contributed by atoms with Gasteiger partial charge in [-0.05, 0) is 30.9 Å². The summed E-state index contributed by atoms with van der Waals surface area (Å²) in [5.74, 6) is -1.01. The zero-order valence-corrected chi connectivity index (χ0v) is 12.2. The van der Waals surface area contributed by atoms with E-state index in [1.54, 1.807) is 12.3 Å². The highest BCUT2D eigenvalue weighted by Crippen LogP contribution is 2.13. The second kappa shape index (κ2) is 10.2. The number of carboxylic acids is 1. The van der Waals surface area contributed by atoms with Crippen molar-refractivity contribution < 1.29 is 18.7 Å². The van der Waals surface area contributed by atoms with Gasteiger partial charge in [-0.15, -0.1) is 0 Å². The Morgan fingerprint density at radius 3 is 2.19 bits per heavy atom. The van der Waals surface area contributed by atoms with Crippen molar-refractivity contribution in [1.82, 2.24) is 4.98 Å². The van der Waals surface area contributed by atoms with Crippen LogP contribution in [0.1, 0.15) is 67.4 Å². The molecule has 1 aromatic rings. The maximum absolute atomic E-state index is 11.9. The summed E-state index contributed by atoms with van der Waals surface area (Å²) in [6, 6.07) is 3.33. The molecule has 0 unspecified atom stereocenters. The van der Waals surface area contributed by atoms with Gasteiger partial charge < -0.3 is 5.11 Å². The van der Waals surface area contributed by atoms with Crippen LogP contribution in [0.5, 0.6) is 0 Å². The minimum Gasteiger partial charge on any atom is -0.477 e. The third kappa shape index (κ3) is 8.38. The zero-order valence-electron chi connectivity index (χ0n) is 12.2. The summed E-state index contributed by atoms with van der Waals surface area (Å²) in [4.78, 5) is 14.5. The Morgan fingerprint density at radius 1 is 1.05 bits per heavy atom. The topological polar surface area (TPSA) is 50.2 Å². The minimum absolute atomic E-state index is 0.0271. The van der Waals surface area contributed by atoms with Crippen molar-refractivity contribution in [2.75, 3.05) is 0 Å². The van der Waals surface area contributed by atoms with Gasteiger partial charge in [0.05, 0.1) is 0 Å². The number of nitrogens with zero attached hydrogens (tertiary/aromatic N) is 1. The number of aryl methyl sites for hydroxylation is 1. The molecule has 0 aromatic carbocycles. The average Bonchev–Trinajstić information content (AvgIpc) is 2.45. The lowest BCUT2D eigenvalue weighted by molar-refractivity contribution is 0.0690. The predicted octanol–water partition coefficient (Wildman–Crippen LogP) is 4.71. The van der Waals surface area contributed by atoms with Crippen molar-refractivity contribution >= 4 is 5.97 Å². The van der Waals surface area contributed by atoms with E-state index in [-0.39, 0.29) is 12.1 Å². The van der Waals surface area contributed by atoms with Crippen LogP contribution in [0.25, 0.3) is 0 Å². The van der Waals surface area contributed by atoms with Crippen LogP contribution < -0.4 is 0 Å². The Morgan fingerprint density at radius 2 is 1.67 bits per heavy atom. The number of carbonyl (C=O) groups is 1. The van der Waals surface area contributed by atoms with Crippen LogP contribution in [-0.2, 0) is 6.42 Å². The van der Waals surface area contributed by atoms with Gasteiger partial charge in [0.1, 0.15) is 5.69 Å². The van der Waals surface area contributed by atoms with Gasteiger partial charge in [0.15, 0.2) is 0 Å². The Hall–Kier alpha value is -1.52. The van der Waals surface area contributed by atoms with E-state index < -0.39 is 12.4 Å². The Bertz CT molecular complexity index is 407. The lowest BCUT2D eigenvalue weighted by Crippen LogP contribution is -2.00. The van der Waals surface area contributed by atoms with Gasteiger partial charge in [0.25, 0.3) is 0 Å². The van der Waals surface area contributed by atoms with Crippen molar-refractivity contribution in [3.63, 3.8) is 0 Å². The van der Waals surface area contributed by atoms with Crippen molar-refractivity contribution in [3.05, 3.63) is 29.6 Å². The Kier molecular flexibility index (Phi) is 8.55. The van der Waals surface area contributed by atoms with Crippen molar-refractivity contribution in [1.29, 1.82) is 0 Å². The number of carboxylic acid groups (broad SMARTS) is 1. The highest BCUT2D eigenvalue weighted by Gasteiger charge is 2.03. The molecule has 1 rings (SSSR count). The molecule has 0 spiro atoms. The molecule has 0 aliphatic heterocycles. The fourth-order valence-corrected chi connectivity index (χ4v) is 2.21. The van der Waals surface area contributed by atoms with E-state index in [1.165, 1.54) is 6.07 Å². The highest BCUT2D eigenvalue weighted by molar-refractivity contribution is 5.85. The normalized spacial score (nSPS) is 11.0. The van der Waals surface area contributed by atoms with Gasteiger partial charge in [-0.2, -0.15) is 0 Å². The second-order valence-electron chi connectivity index (χ2n) is 5.26. The molecule has 118 valence electrons. The Balaban J connectivity index is 2.00. The quantitative estimate of drug-likeness (QED) is 0.602. The third-order valence-corrected chi connectivity index (χ3v) is 3.43. The van der Waals surface area contributed by atoms with E-state index in [2.05, 4.69) is 4.98 Å². The lowest BCUT2D eigenvalue weighted by Gasteiger charge is -2.03. The molecule has 0 saturated carbocycles.